The van der Waals surface area contributed by atoms with Gasteiger partial charge in [0.05, 0.1) is 17.8 Å². The Morgan fingerprint density at radius 3 is 2.75 bits per heavy atom. The molecule has 1 unspecified atom stereocenters. The van der Waals surface area contributed by atoms with Crippen LogP contribution in [0, 0.1) is 5.92 Å². The molecule has 0 radical (unpaired) electrons. The number of carbonyl (C=O) groups is 1. The van der Waals surface area contributed by atoms with E-state index in [0.717, 1.165) is 11.3 Å². The molecule has 1 atom stereocenters. The van der Waals surface area contributed by atoms with E-state index in [1.54, 1.807) is 17.6 Å². The highest BCUT2D eigenvalue weighted by Crippen LogP contribution is 2.23. The van der Waals surface area contributed by atoms with E-state index in [2.05, 4.69) is 10.1 Å². The number of hydrogen-bond donors (Lipinski definition) is 0. The van der Waals surface area contributed by atoms with Gasteiger partial charge in [-0.3, -0.25) is 4.79 Å². The van der Waals surface area contributed by atoms with Gasteiger partial charge in [0.1, 0.15) is 5.78 Å². The average Bonchev–Trinajstić information content (AvgIpc) is 2.63. The summed E-state index contributed by atoms with van der Waals surface area (Å²) < 4.78 is 1.70. The van der Waals surface area contributed by atoms with Crippen LogP contribution >= 0.6 is 0 Å². The second-order valence-electron chi connectivity index (χ2n) is 4.32. The smallest absolute Gasteiger partial charge is 0.155 e. The van der Waals surface area contributed by atoms with Crippen molar-refractivity contribution < 1.29 is 4.79 Å². The molecule has 2 rings (SSSR count). The Bertz CT molecular complexity index is 516. The van der Waals surface area contributed by atoms with Gasteiger partial charge in [0.15, 0.2) is 5.65 Å². The Morgan fingerprint density at radius 1 is 1.38 bits per heavy atom. The maximum absolute atomic E-state index is 11.6. The van der Waals surface area contributed by atoms with Crippen molar-refractivity contribution >= 4 is 11.4 Å². The predicted octanol–water partition coefficient (Wildman–Crippen LogP) is 2.06. The molecule has 0 aromatic carbocycles. The van der Waals surface area contributed by atoms with E-state index in [0.29, 0.717) is 0 Å². The first-order valence-electron chi connectivity index (χ1n) is 5.40. The highest BCUT2D eigenvalue weighted by Gasteiger charge is 2.22. The lowest BCUT2D eigenvalue weighted by Crippen LogP contribution is -2.17. The standard InChI is InChI=1S/C12H15N3O/c1-8(2)12(9(3)16)10-5-7-15-11(14-10)4-6-13-15/h4-8,12H,1-3H3. The monoisotopic (exact) mass is 217 g/mol. The number of rotatable bonds is 3. The average molecular weight is 217 g/mol. The molecular weight excluding hydrogens is 202 g/mol. The van der Waals surface area contributed by atoms with Crippen LogP contribution in [-0.4, -0.2) is 20.4 Å². The van der Waals surface area contributed by atoms with Gasteiger partial charge in [-0.1, -0.05) is 13.8 Å². The third kappa shape index (κ3) is 1.83. The Hall–Kier alpha value is -1.71. The SMILES string of the molecule is CC(=O)C(c1ccn2nccc2n1)C(C)C. The number of carbonyl (C=O) groups excluding carboxylic acids is 1. The Morgan fingerprint density at radius 2 is 2.12 bits per heavy atom. The molecular formula is C12H15N3O. The molecule has 0 amide bonds. The zero-order valence-corrected chi connectivity index (χ0v) is 9.71. The van der Waals surface area contributed by atoms with Crippen molar-refractivity contribution in [1.29, 1.82) is 0 Å². The summed E-state index contributed by atoms with van der Waals surface area (Å²) in [6, 6.07) is 3.70. The van der Waals surface area contributed by atoms with Crippen LogP contribution in [0.3, 0.4) is 0 Å². The number of fused-ring (bicyclic) bond motifs is 1. The highest BCUT2D eigenvalue weighted by atomic mass is 16.1. The van der Waals surface area contributed by atoms with Crippen molar-refractivity contribution in [3.63, 3.8) is 0 Å². The fraction of sp³-hybridized carbons (Fsp3) is 0.417. The molecule has 0 spiro atoms. The molecule has 2 aromatic rings. The van der Waals surface area contributed by atoms with Gasteiger partial charge in [-0.2, -0.15) is 5.10 Å². The van der Waals surface area contributed by atoms with Crippen molar-refractivity contribution in [1.82, 2.24) is 14.6 Å². The molecule has 2 aromatic heterocycles. The number of Topliss-reactive ketones (excluding diaryl/α,β-unsaturated/α-hetero) is 1. The number of nitrogens with zero attached hydrogens (tertiary/aromatic N) is 3. The van der Waals surface area contributed by atoms with E-state index < -0.39 is 0 Å². The number of ketones is 1. The fourth-order valence-electron chi connectivity index (χ4n) is 2.02. The van der Waals surface area contributed by atoms with Crippen LogP contribution in [-0.2, 0) is 4.79 Å². The van der Waals surface area contributed by atoms with Gasteiger partial charge >= 0.3 is 0 Å². The molecule has 0 saturated heterocycles. The van der Waals surface area contributed by atoms with Crippen LogP contribution in [0.5, 0.6) is 0 Å². The molecule has 0 bridgehead atoms. The summed E-state index contributed by atoms with van der Waals surface area (Å²) in [5.74, 6) is 0.293. The molecule has 0 saturated carbocycles. The molecule has 0 aliphatic rings. The van der Waals surface area contributed by atoms with E-state index >= 15 is 0 Å². The number of hydrogen-bond acceptors (Lipinski definition) is 3. The Kier molecular flexibility index (Phi) is 2.73. The third-order valence-corrected chi connectivity index (χ3v) is 2.70. The first kappa shape index (κ1) is 10.8. The zero-order chi connectivity index (χ0) is 11.7. The minimum Gasteiger partial charge on any atom is -0.299 e. The van der Waals surface area contributed by atoms with Gasteiger partial charge in [0.2, 0.25) is 0 Å². The summed E-state index contributed by atoms with van der Waals surface area (Å²) in [6.45, 7) is 5.69. The van der Waals surface area contributed by atoms with Crippen LogP contribution in [0.1, 0.15) is 32.4 Å². The van der Waals surface area contributed by atoms with E-state index in [1.807, 2.05) is 32.2 Å². The van der Waals surface area contributed by atoms with Crippen molar-refractivity contribution in [2.24, 2.45) is 5.92 Å². The summed E-state index contributed by atoms with van der Waals surface area (Å²) in [5.41, 5.74) is 1.61. The first-order chi connectivity index (χ1) is 7.59. The summed E-state index contributed by atoms with van der Waals surface area (Å²) in [5, 5.41) is 4.08. The van der Waals surface area contributed by atoms with Gasteiger partial charge < -0.3 is 0 Å². The summed E-state index contributed by atoms with van der Waals surface area (Å²) in [6.07, 6.45) is 3.54. The zero-order valence-electron chi connectivity index (χ0n) is 9.71. The van der Waals surface area contributed by atoms with Gasteiger partial charge in [0, 0.05) is 12.3 Å². The lowest BCUT2D eigenvalue weighted by molar-refractivity contribution is -0.119. The molecule has 0 N–H and O–H groups in total. The van der Waals surface area contributed by atoms with Crippen LogP contribution in [0.15, 0.2) is 24.5 Å². The molecule has 0 aliphatic heterocycles. The molecule has 84 valence electrons. The summed E-state index contributed by atoms with van der Waals surface area (Å²) in [4.78, 5) is 16.1. The van der Waals surface area contributed by atoms with Crippen LogP contribution in [0.4, 0.5) is 0 Å². The molecule has 4 heteroatoms. The van der Waals surface area contributed by atoms with Gasteiger partial charge in [-0.05, 0) is 18.9 Å². The van der Waals surface area contributed by atoms with Gasteiger partial charge in [-0.25, -0.2) is 9.50 Å². The normalized spacial score (nSPS) is 13.2. The number of aromatic nitrogens is 3. The fourth-order valence-corrected chi connectivity index (χ4v) is 2.02. The largest absolute Gasteiger partial charge is 0.299 e. The van der Waals surface area contributed by atoms with Gasteiger partial charge in [0.25, 0.3) is 0 Å². The van der Waals surface area contributed by atoms with E-state index in [9.17, 15) is 4.79 Å². The minimum atomic E-state index is -0.125. The van der Waals surface area contributed by atoms with Crippen LogP contribution in [0.25, 0.3) is 5.65 Å². The van der Waals surface area contributed by atoms with Crippen molar-refractivity contribution in [2.75, 3.05) is 0 Å². The van der Waals surface area contributed by atoms with E-state index in [-0.39, 0.29) is 17.6 Å². The molecule has 4 nitrogen and oxygen atoms in total. The molecule has 0 fully saturated rings. The van der Waals surface area contributed by atoms with E-state index in [1.165, 1.54) is 0 Å². The second-order valence-corrected chi connectivity index (χ2v) is 4.32. The lowest BCUT2D eigenvalue weighted by atomic mass is 9.89. The highest BCUT2D eigenvalue weighted by molar-refractivity contribution is 5.83. The topological polar surface area (TPSA) is 47.3 Å². The molecule has 0 aliphatic carbocycles. The second kappa shape index (κ2) is 4.04. The van der Waals surface area contributed by atoms with Crippen molar-refractivity contribution in [2.45, 2.75) is 26.7 Å². The van der Waals surface area contributed by atoms with Crippen LogP contribution < -0.4 is 0 Å². The van der Waals surface area contributed by atoms with Crippen molar-refractivity contribution in [3.8, 4) is 0 Å². The summed E-state index contributed by atoms with van der Waals surface area (Å²) >= 11 is 0. The van der Waals surface area contributed by atoms with Crippen LogP contribution in [0.2, 0.25) is 0 Å². The third-order valence-electron chi connectivity index (χ3n) is 2.70. The van der Waals surface area contributed by atoms with Gasteiger partial charge in [-0.15, -0.1) is 0 Å². The summed E-state index contributed by atoms with van der Waals surface area (Å²) in [7, 11) is 0. The molecule has 2 heterocycles. The first-order valence-corrected chi connectivity index (χ1v) is 5.40. The maximum atomic E-state index is 11.6. The predicted molar refractivity (Wildman–Crippen MR) is 61.2 cm³/mol. The quantitative estimate of drug-likeness (QED) is 0.790. The maximum Gasteiger partial charge on any atom is 0.155 e. The Balaban J connectivity index is 2.48. The molecule has 16 heavy (non-hydrogen) atoms. The lowest BCUT2D eigenvalue weighted by Gasteiger charge is -2.16. The van der Waals surface area contributed by atoms with E-state index in [4.69, 9.17) is 0 Å². The van der Waals surface area contributed by atoms with Crippen molar-refractivity contribution in [3.05, 3.63) is 30.2 Å². The Labute approximate surface area is 94.3 Å². The minimum absolute atomic E-state index is 0.125.